The highest BCUT2D eigenvalue weighted by molar-refractivity contribution is 7.90. The first-order chi connectivity index (χ1) is 15.0. The predicted molar refractivity (Wildman–Crippen MR) is 129 cm³/mol. The van der Waals surface area contributed by atoms with Crippen LogP contribution in [0.3, 0.4) is 0 Å². The Labute approximate surface area is 191 Å². The molecule has 0 N–H and O–H groups in total. The summed E-state index contributed by atoms with van der Waals surface area (Å²) in [5.74, 6) is 0.162. The van der Waals surface area contributed by atoms with E-state index in [-0.39, 0.29) is 23.1 Å². The van der Waals surface area contributed by atoms with Crippen LogP contribution < -0.4 is 0 Å². The van der Waals surface area contributed by atoms with Crippen LogP contribution in [0.2, 0.25) is 0 Å². The molecule has 7 heteroatoms. The highest BCUT2D eigenvalue weighted by Gasteiger charge is 2.23. The average molecular weight is 472 g/mol. The lowest BCUT2D eigenvalue weighted by Crippen LogP contribution is -2.34. The number of sulfone groups is 1. The summed E-state index contributed by atoms with van der Waals surface area (Å²) < 4.78 is 51.5. The first-order valence-corrected chi connectivity index (χ1v) is 14.0. The highest BCUT2D eigenvalue weighted by Crippen LogP contribution is 2.24. The lowest BCUT2D eigenvalue weighted by atomic mass is 10.0. The van der Waals surface area contributed by atoms with E-state index in [4.69, 9.17) is 0 Å². The topological polar surface area (TPSA) is 71.5 Å². The molecule has 3 aromatic rings. The third kappa shape index (κ3) is 6.51. The highest BCUT2D eigenvalue weighted by atomic mass is 32.2. The van der Waals surface area contributed by atoms with Crippen molar-refractivity contribution in [1.82, 2.24) is 4.31 Å². The molecule has 0 aliphatic rings. The minimum atomic E-state index is -3.49. The van der Waals surface area contributed by atoms with Crippen molar-refractivity contribution in [2.75, 3.05) is 12.8 Å². The molecule has 0 saturated carbocycles. The molecule has 0 bridgehead atoms. The number of nitrogens with zero attached hydrogens (tertiary/aromatic N) is 1. The molecule has 5 nitrogen and oxygen atoms in total. The SMILES string of the molecule is CC(C)CN(Cc1ccc(-c2cccc(S(C)(=O)=O)c2)cc1)S(=O)(=O)Cc1ccccc1. The Balaban J connectivity index is 1.82. The first kappa shape index (κ1) is 24.2. The fourth-order valence-corrected chi connectivity index (χ4v) is 5.81. The summed E-state index contributed by atoms with van der Waals surface area (Å²) >= 11 is 0. The summed E-state index contributed by atoms with van der Waals surface area (Å²) in [6.07, 6.45) is 1.19. The standard InChI is InChI=1S/C25H29NO4S2/c1-20(2)17-26(32(29,30)19-22-8-5-4-6-9-22)18-21-12-14-23(15-13-21)24-10-7-11-25(16-24)31(3,27)28/h4-16,20H,17-19H2,1-3H3. The second-order valence-electron chi connectivity index (χ2n) is 8.43. The summed E-state index contributed by atoms with van der Waals surface area (Å²) in [7, 11) is -6.77. The van der Waals surface area contributed by atoms with Crippen LogP contribution in [0.4, 0.5) is 0 Å². The van der Waals surface area contributed by atoms with Gasteiger partial charge in [-0.15, -0.1) is 0 Å². The molecule has 0 radical (unpaired) electrons. The zero-order valence-electron chi connectivity index (χ0n) is 18.6. The van der Waals surface area contributed by atoms with Gasteiger partial charge in [0.25, 0.3) is 0 Å². The summed E-state index contributed by atoms with van der Waals surface area (Å²) in [6.45, 7) is 4.73. The van der Waals surface area contributed by atoms with Crippen molar-refractivity contribution in [3.63, 3.8) is 0 Å². The van der Waals surface area contributed by atoms with Gasteiger partial charge < -0.3 is 0 Å². The van der Waals surface area contributed by atoms with E-state index in [1.165, 1.54) is 6.26 Å². The summed E-state index contributed by atoms with van der Waals surface area (Å²) in [6, 6.07) is 23.6. The normalized spacial score (nSPS) is 12.4. The Hall–Kier alpha value is -2.48. The van der Waals surface area contributed by atoms with E-state index >= 15 is 0 Å². The van der Waals surface area contributed by atoms with Gasteiger partial charge in [-0.25, -0.2) is 16.8 Å². The Morgan fingerprint density at radius 2 is 1.41 bits per heavy atom. The maximum Gasteiger partial charge on any atom is 0.218 e. The number of hydrogen-bond donors (Lipinski definition) is 0. The third-order valence-electron chi connectivity index (χ3n) is 5.06. The largest absolute Gasteiger partial charge is 0.224 e. The van der Waals surface area contributed by atoms with Gasteiger partial charge in [-0.2, -0.15) is 4.31 Å². The van der Waals surface area contributed by atoms with Crippen LogP contribution in [0.1, 0.15) is 25.0 Å². The second-order valence-corrected chi connectivity index (χ2v) is 12.4. The fraction of sp³-hybridized carbons (Fsp3) is 0.280. The smallest absolute Gasteiger partial charge is 0.218 e. The van der Waals surface area contributed by atoms with Crippen LogP contribution in [0.5, 0.6) is 0 Å². The van der Waals surface area contributed by atoms with Gasteiger partial charge in [0.05, 0.1) is 10.6 Å². The molecule has 170 valence electrons. The van der Waals surface area contributed by atoms with E-state index in [9.17, 15) is 16.8 Å². The third-order valence-corrected chi connectivity index (χ3v) is 7.94. The minimum absolute atomic E-state index is 0.0308. The van der Waals surface area contributed by atoms with Crippen LogP contribution in [-0.4, -0.2) is 33.9 Å². The van der Waals surface area contributed by atoms with Crippen molar-refractivity contribution < 1.29 is 16.8 Å². The van der Waals surface area contributed by atoms with Crippen LogP contribution in [-0.2, 0) is 32.2 Å². The molecular formula is C25H29NO4S2. The van der Waals surface area contributed by atoms with E-state index in [0.717, 1.165) is 22.3 Å². The number of hydrogen-bond acceptors (Lipinski definition) is 4. The quantitative estimate of drug-likeness (QED) is 0.452. The monoisotopic (exact) mass is 471 g/mol. The zero-order chi connectivity index (χ0) is 23.4. The Morgan fingerprint density at radius 1 is 0.750 bits per heavy atom. The molecule has 0 aliphatic carbocycles. The number of benzene rings is 3. The zero-order valence-corrected chi connectivity index (χ0v) is 20.2. The van der Waals surface area contributed by atoms with Gasteiger partial charge in [0.1, 0.15) is 0 Å². The van der Waals surface area contributed by atoms with Gasteiger partial charge in [0.2, 0.25) is 10.0 Å². The van der Waals surface area contributed by atoms with Crippen molar-refractivity contribution in [2.24, 2.45) is 5.92 Å². The van der Waals surface area contributed by atoms with E-state index in [1.807, 2.05) is 74.5 Å². The van der Waals surface area contributed by atoms with Crippen molar-refractivity contribution in [1.29, 1.82) is 0 Å². The summed E-state index contributed by atoms with van der Waals surface area (Å²) in [5.41, 5.74) is 3.32. The van der Waals surface area contributed by atoms with Crippen molar-refractivity contribution >= 4 is 19.9 Å². The molecule has 3 rings (SSSR count). The lowest BCUT2D eigenvalue weighted by Gasteiger charge is -2.24. The van der Waals surface area contributed by atoms with E-state index in [1.54, 1.807) is 22.5 Å². The van der Waals surface area contributed by atoms with Crippen molar-refractivity contribution in [3.05, 3.63) is 90.0 Å². The van der Waals surface area contributed by atoms with Gasteiger partial charge in [-0.1, -0.05) is 80.6 Å². The molecule has 0 aliphatic heterocycles. The van der Waals surface area contributed by atoms with Crippen LogP contribution in [0.25, 0.3) is 11.1 Å². The second kappa shape index (κ2) is 9.98. The number of rotatable bonds is 9. The van der Waals surface area contributed by atoms with Crippen molar-refractivity contribution in [2.45, 2.75) is 31.0 Å². The van der Waals surface area contributed by atoms with Crippen LogP contribution in [0, 0.1) is 5.92 Å². The van der Waals surface area contributed by atoms with E-state index < -0.39 is 19.9 Å². The Bertz CT molecular complexity index is 1250. The lowest BCUT2D eigenvalue weighted by molar-refractivity contribution is 0.361. The summed E-state index contributed by atoms with van der Waals surface area (Å²) in [5, 5.41) is 0. The minimum Gasteiger partial charge on any atom is -0.224 e. The molecule has 3 aromatic carbocycles. The predicted octanol–water partition coefficient (Wildman–Crippen LogP) is 4.75. The van der Waals surface area contributed by atoms with E-state index in [2.05, 4.69) is 0 Å². The molecule has 0 saturated heterocycles. The molecule has 0 spiro atoms. The van der Waals surface area contributed by atoms with Gasteiger partial charge in [-0.05, 0) is 40.3 Å². The van der Waals surface area contributed by atoms with Crippen LogP contribution >= 0.6 is 0 Å². The van der Waals surface area contributed by atoms with Crippen molar-refractivity contribution in [3.8, 4) is 11.1 Å². The Kier molecular flexibility index (Phi) is 7.54. The molecule has 0 heterocycles. The van der Waals surface area contributed by atoms with Crippen LogP contribution in [0.15, 0.2) is 83.8 Å². The molecule has 0 amide bonds. The Morgan fingerprint density at radius 3 is 2.00 bits per heavy atom. The average Bonchev–Trinajstić information content (AvgIpc) is 2.73. The van der Waals surface area contributed by atoms with Gasteiger partial charge >= 0.3 is 0 Å². The maximum absolute atomic E-state index is 13.1. The van der Waals surface area contributed by atoms with Gasteiger partial charge in [-0.3, -0.25) is 0 Å². The number of sulfonamides is 1. The molecule has 0 aromatic heterocycles. The fourth-order valence-electron chi connectivity index (χ4n) is 3.47. The first-order valence-electron chi connectivity index (χ1n) is 10.5. The van der Waals surface area contributed by atoms with Gasteiger partial charge in [0, 0.05) is 19.3 Å². The molecule has 0 unspecified atom stereocenters. The summed E-state index contributed by atoms with van der Waals surface area (Å²) in [4.78, 5) is 0.272. The molecule has 32 heavy (non-hydrogen) atoms. The molecular weight excluding hydrogens is 442 g/mol. The van der Waals surface area contributed by atoms with E-state index in [0.29, 0.717) is 6.54 Å². The molecule has 0 fully saturated rings. The maximum atomic E-state index is 13.1. The molecule has 0 atom stereocenters. The van der Waals surface area contributed by atoms with Gasteiger partial charge in [0.15, 0.2) is 9.84 Å².